The van der Waals surface area contributed by atoms with Crippen molar-refractivity contribution in [3.05, 3.63) is 0 Å². The highest BCUT2D eigenvalue weighted by Gasteiger charge is 2.32. The summed E-state index contributed by atoms with van der Waals surface area (Å²) in [5, 5.41) is 14.2. The lowest BCUT2D eigenvalue weighted by Crippen LogP contribution is -2.55. The molecule has 1 aliphatic carbocycles. The van der Waals surface area contributed by atoms with Crippen LogP contribution in [0.4, 0.5) is 4.79 Å². The fourth-order valence-electron chi connectivity index (χ4n) is 2.21. The molecule has 3 N–H and O–H groups in total. The molecule has 1 fully saturated rings. The second kappa shape index (κ2) is 8.09. The lowest BCUT2D eigenvalue weighted by molar-refractivity contribution is -0.143. The third-order valence-electron chi connectivity index (χ3n) is 3.86. The molecule has 6 nitrogen and oxygen atoms in total. The summed E-state index contributed by atoms with van der Waals surface area (Å²) in [6.07, 6.45) is 6.55. The quantitative estimate of drug-likeness (QED) is 0.624. The van der Waals surface area contributed by atoms with Gasteiger partial charge in [-0.1, -0.05) is 26.2 Å². The summed E-state index contributed by atoms with van der Waals surface area (Å²) in [6.45, 7) is 4.07. The molecule has 0 aromatic carbocycles. The zero-order valence-electron chi connectivity index (χ0n) is 12.4. The average molecular weight is 286 g/mol. The molecule has 20 heavy (non-hydrogen) atoms. The second-order valence-corrected chi connectivity index (χ2v) is 5.50. The van der Waals surface area contributed by atoms with Gasteiger partial charge in [0.05, 0.1) is 12.7 Å². The first kappa shape index (κ1) is 16.8. The van der Waals surface area contributed by atoms with Crippen LogP contribution in [0.2, 0.25) is 0 Å². The number of carbonyl (C=O) groups is 2. The predicted octanol–water partition coefficient (Wildman–Crippen LogP) is 1.89. The molecule has 0 heterocycles. The van der Waals surface area contributed by atoms with Gasteiger partial charge in [0.2, 0.25) is 0 Å². The number of carboxylic acid groups (broad SMARTS) is 1. The van der Waals surface area contributed by atoms with Gasteiger partial charge in [-0.05, 0) is 26.2 Å². The molecular formula is C14H26N2O4. The van der Waals surface area contributed by atoms with Crippen molar-refractivity contribution in [2.45, 2.75) is 64.0 Å². The molecule has 0 bridgehead atoms. The Morgan fingerprint density at radius 3 is 2.50 bits per heavy atom. The van der Waals surface area contributed by atoms with E-state index < -0.39 is 17.5 Å². The van der Waals surface area contributed by atoms with Crippen LogP contribution in [0.25, 0.3) is 0 Å². The first-order valence-corrected chi connectivity index (χ1v) is 7.39. The maximum Gasteiger partial charge on any atom is 0.329 e. The minimum Gasteiger partial charge on any atom is -0.480 e. The van der Waals surface area contributed by atoms with Gasteiger partial charge in [-0.15, -0.1) is 0 Å². The Kier molecular flexibility index (Phi) is 6.78. The Bertz CT molecular complexity index is 329. The molecule has 6 heteroatoms. The van der Waals surface area contributed by atoms with Crippen molar-refractivity contribution < 1.29 is 19.4 Å². The maximum atomic E-state index is 11.6. The minimum absolute atomic E-state index is 0.313. The Labute approximate surface area is 120 Å². The van der Waals surface area contributed by atoms with Gasteiger partial charge < -0.3 is 20.5 Å². The van der Waals surface area contributed by atoms with Crippen LogP contribution in [0.3, 0.4) is 0 Å². The number of carboxylic acids is 1. The van der Waals surface area contributed by atoms with Gasteiger partial charge in [0.1, 0.15) is 5.54 Å². The third-order valence-corrected chi connectivity index (χ3v) is 3.86. The molecule has 0 aliphatic heterocycles. The zero-order chi connectivity index (χ0) is 15.0. The molecule has 0 aromatic rings. The molecule has 1 aliphatic rings. The molecule has 1 unspecified atom stereocenters. The van der Waals surface area contributed by atoms with Crippen LogP contribution in [0.5, 0.6) is 0 Å². The molecule has 0 spiro atoms. The summed E-state index contributed by atoms with van der Waals surface area (Å²) in [5.74, 6) is -1.03. The van der Waals surface area contributed by atoms with E-state index in [0.29, 0.717) is 25.7 Å². The zero-order valence-corrected chi connectivity index (χ0v) is 12.4. The Morgan fingerprint density at radius 1 is 1.30 bits per heavy atom. The Balaban J connectivity index is 2.17. The standard InChI is InChI=1S/C14H26N2O4/c1-3-14(2,12(17)18)16-13(19)15-9-10-20-11-7-5-4-6-8-11/h11H,3-10H2,1-2H3,(H,17,18)(H2,15,16,19). The van der Waals surface area contributed by atoms with Crippen molar-refractivity contribution in [2.75, 3.05) is 13.2 Å². The number of aliphatic carboxylic acids is 1. The Morgan fingerprint density at radius 2 is 1.95 bits per heavy atom. The van der Waals surface area contributed by atoms with Crippen LogP contribution in [-0.4, -0.2) is 41.9 Å². The van der Waals surface area contributed by atoms with E-state index in [-0.39, 0.29) is 0 Å². The number of carbonyl (C=O) groups excluding carboxylic acids is 1. The summed E-state index contributed by atoms with van der Waals surface area (Å²) < 4.78 is 5.68. The molecule has 1 atom stereocenters. The lowest BCUT2D eigenvalue weighted by Gasteiger charge is -2.25. The summed E-state index contributed by atoms with van der Waals surface area (Å²) in [4.78, 5) is 22.7. The second-order valence-electron chi connectivity index (χ2n) is 5.50. The highest BCUT2D eigenvalue weighted by Crippen LogP contribution is 2.19. The summed E-state index contributed by atoms with van der Waals surface area (Å²) >= 11 is 0. The Hall–Kier alpha value is -1.30. The van der Waals surface area contributed by atoms with Crippen molar-refractivity contribution in [2.24, 2.45) is 0 Å². The summed E-state index contributed by atoms with van der Waals surface area (Å²) in [5.41, 5.74) is -1.23. The van der Waals surface area contributed by atoms with Gasteiger partial charge in [-0.3, -0.25) is 0 Å². The highest BCUT2D eigenvalue weighted by molar-refractivity contribution is 5.85. The minimum atomic E-state index is -1.23. The van der Waals surface area contributed by atoms with Crippen LogP contribution >= 0.6 is 0 Å². The highest BCUT2D eigenvalue weighted by atomic mass is 16.5. The van der Waals surface area contributed by atoms with Crippen molar-refractivity contribution >= 4 is 12.0 Å². The topological polar surface area (TPSA) is 87.7 Å². The van der Waals surface area contributed by atoms with Gasteiger partial charge in [-0.25, -0.2) is 9.59 Å². The van der Waals surface area contributed by atoms with E-state index in [1.165, 1.54) is 26.2 Å². The molecule has 2 amide bonds. The maximum absolute atomic E-state index is 11.6. The fraction of sp³-hybridized carbons (Fsp3) is 0.857. The van der Waals surface area contributed by atoms with E-state index in [2.05, 4.69) is 10.6 Å². The van der Waals surface area contributed by atoms with E-state index in [1.807, 2.05) is 0 Å². The summed E-state index contributed by atoms with van der Waals surface area (Å²) in [6, 6.07) is -0.469. The smallest absolute Gasteiger partial charge is 0.329 e. The van der Waals surface area contributed by atoms with Gasteiger partial charge in [0.25, 0.3) is 0 Å². The van der Waals surface area contributed by atoms with Gasteiger partial charge in [0.15, 0.2) is 0 Å². The van der Waals surface area contributed by atoms with Gasteiger partial charge in [0, 0.05) is 6.54 Å². The molecule has 0 aromatic heterocycles. The van der Waals surface area contributed by atoms with Crippen molar-refractivity contribution in [1.29, 1.82) is 0 Å². The van der Waals surface area contributed by atoms with E-state index in [0.717, 1.165) is 12.8 Å². The largest absolute Gasteiger partial charge is 0.480 e. The van der Waals surface area contributed by atoms with Crippen LogP contribution in [-0.2, 0) is 9.53 Å². The normalized spacial score (nSPS) is 19.1. The van der Waals surface area contributed by atoms with E-state index >= 15 is 0 Å². The molecule has 116 valence electrons. The van der Waals surface area contributed by atoms with Crippen molar-refractivity contribution in [3.8, 4) is 0 Å². The van der Waals surface area contributed by atoms with Crippen LogP contribution in [0.15, 0.2) is 0 Å². The SMILES string of the molecule is CCC(C)(NC(=O)NCCOC1CCCCC1)C(=O)O. The molecule has 0 saturated heterocycles. The van der Waals surface area contributed by atoms with Gasteiger partial charge >= 0.3 is 12.0 Å². The van der Waals surface area contributed by atoms with Crippen LogP contribution in [0, 0.1) is 0 Å². The number of nitrogens with one attached hydrogen (secondary N) is 2. The number of ether oxygens (including phenoxy) is 1. The molecule has 0 radical (unpaired) electrons. The monoisotopic (exact) mass is 286 g/mol. The first-order valence-electron chi connectivity index (χ1n) is 7.39. The third kappa shape index (κ3) is 5.36. The van der Waals surface area contributed by atoms with Crippen molar-refractivity contribution in [1.82, 2.24) is 10.6 Å². The van der Waals surface area contributed by atoms with Gasteiger partial charge in [-0.2, -0.15) is 0 Å². The molecule has 1 saturated carbocycles. The number of hydrogen-bond donors (Lipinski definition) is 3. The summed E-state index contributed by atoms with van der Waals surface area (Å²) in [7, 11) is 0. The number of hydrogen-bond acceptors (Lipinski definition) is 3. The van der Waals surface area contributed by atoms with E-state index in [1.54, 1.807) is 6.92 Å². The predicted molar refractivity (Wildman–Crippen MR) is 75.7 cm³/mol. The molecule has 1 rings (SSSR count). The number of urea groups is 1. The number of amides is 2. The molecular weight excluding hydrogens is 260 g/mol. The van der Waals surface area contributed by atoms with Crippen LogP contribution in [0.1, 0.15) is 52.4 Å². The van der Waals surface area contributed by atoms with Crippen molar-refractivity contribution in [3.63, 3.8) is 0 Å². The average Bonchev–Trinajstić information content (AvgIpc) is 2.44. The van der Waals surface area contributed by atoms with E-state index in [9.17, 15) is 9.59 Å². The van der Waals surface area contributed by atoms with Crippen LogP contribution < -0.4 is 10.6 Å². The first-order chi connectivity index (χ1) is 9.48. The lowest BCUT2D eigenvalue weighted by atomic mass is 9.98. The fourth-order valence-corrected chi connectivity index (χ4v) is 2.21. The van der Waals surface area contributed by atoms with E-state index in [4.69, 9.17) is 9.84 Å². The number of rotatable bonds is 7.